The van der Waals surface area contributed by atoms with E-state index in [2.05, 4.69) is 29.7 Å². The largest absolute Gasteiger partial charge is 0.493 e. The lowest BCUT2D eigenvalue weighted by atomic mass is 10.1. The van der Waals surface area contributed by atoms with E-state index >= 15 is 0 Å². The fourth-order valence-electron chi connectivity index (χ4n) is 2.60. The average Bonchev–Trinajstić information content (AvgIpc) is 3.20. The van der Waals surface area contributed by atoms with Gasteiger partial charge in [-0.2, -0.15) is 0 Å². The lowest BCUT2D eigenvalue weighted by Gasteiger charge is -2.13. The first-order valence-electron chi connectivity index (χ1n) is 6.65. The summed E-state index contributed by atoms with van der Waals surface area (Å²) in [5.41, 5.74) is 3.77. The first-order valence-corrected chi connectivity index (χ1v) is 6.65. The number of rotatable bonds is 4. The van der Waals surface area contributed by atoms with Gasteiger partial charge in [-0.25, -0.2) is 0 Å². The first-order chi connectivity index (χ1) is 9.24. The summed E-state index contributed by atoms with van der Waals surface area (Å²) in [6, 6.07) is 11.2. The van der Waals surface area contributed by atoms with Crippen LogP contribution in [-0.4, -0.2) is 18.8 Å². The molecule has 1 fully saturated rings. The molecule has 0 unspecified atom stereocenters. The smallest absolute Gasteiger partial charge is 0.161 e. The highest BCUT2D eigenvalue weighted by Gasteiger charge is 2.27. The van der Waals surface area contributed by atoms with E-state index < -0.39 is 0 Å². The highest BCUT2D eigenvalue weighted by atomic mass is 16.5. The van der Waals surface area contributed by atoms with Crippen LogP contribution in [0, 0.1) is 6.92 Å². The lowest BCUT2D eigenvalue weighted by molar-refractivity contribution is 0.355. The maximum absolute atomic E-state index is 5.39. The van der Waals surface area contributed by atoms with Gasteiger partial charge >= 0.3 is 0 Å². The minimum absolute atomic E-state index is 0.679. The van der Waals surface area contributed by atoms with Gasteiger partial charge in [0.25, 0.3) is 0 Å². The third-order valence-corrected chi connectivity index (χ3v) is 3.71. The van der Waals surface area contributed by atoms with Crippen LogP contribution in [0.2, 0.25) is 0 Å². The van der Waals surface area contributed by atoms with Crippen LogP contribution in [0.4, 0.5) is 0 Å². The summed E-state index contributed by atoms with van der Waals surface area (Å²) < 4.78 is 13.1. The Morgan fingerprint density at radius 2 is 1.74 bits per heavy atom. The monoisotopic (exact) mass is 257 g/mol. The molecule has 3 heteroatoms. The Labute approximate surface area is 113 Å². The summed E-state index contributed by atoms with van der Waals surface area (Å²) in [5, 5.41) is 0. The van der Waals surface area contributed by atoms with Crippen molar-refractivity contribution < 1.29 is 9.47 Å². The van der Waals surface area contributed by atoms with E-state index in [9.17, 15) is 0 Å². The second-order valence-corrected chi connectivity index (χ2v) is 5.03. The van der Waals surface area contributed by atoms with E-state index in [1.165, 1.54) is 29.8 Å². The summed E-state index contributed by atoms with van der Waals surface area (Å²) >= 11 is 0. The molecule has 1 heterocycles. The predicted octanol–water partition coefficient (Wildman–Crippen LogP) is 3.82. The van der Waals surface area contributed by atoms with Crippen molar-refractivity contribution in [3.05, 3.63) is 36.0 Å². The van der Waals surface area contributed by atoms with Crippen LogP contribution in [-0.2, 0) is 0 Å². The van der Waals surface area contributed by atoms with Crippen molar-refractivity contribution in [1.82, 2.24) is 4.57 Å². The molecule has 0 saturated heterocycles. The molecular weight excluding hydrogens is 238 g/mol. The molecule has 0 N–H and O–H groups in total. The van der Waals surface area contributed by atoms with Gasteiger partial charge in [-0.3, -0.25) is 0 Å². The zero-order chi connectivity index (χ0) is 13.4. The number of benzene rings is 1. The van der Waals surface area contributed by atoms with Gasteiger partial charge < -0.3 is 14.0 Å². The average molecular weight is 257 g/mol. The fourth-order valence-corrected chi connectivity index (χ4v) is 2.60. The summed E-state index contributed by atoms with van der Waals surface area (Å²) in [6.07, 6.45) is 2.58. The summed E-state index contributed by atoms with van der Waals surface area (Å²) in [7, 11) is 3.33. The standard InChI is InChI=1S/C16H19NO2/c1-11-4-8-14(17(11)13-6-7-13)12-5-9-15(18-2)16(10-12)19-3/h4-5,8-10,13H,6-7H2,1-3H3. The van der Waals surface area contributed by atoms with E-state index in [1.807, 2.05) is 12.1 Å². The Morgan fingerprint density at radius 1 is 1.00 bits per heavy atom. The minimum Gasteiger partial charge on any atom is -0.493 e. The van der Waals surface area contributed by atoms with Crippen molar-refractivity contribution in [3.63, 3.8) is 0 Å². The van der Waals surface area contributed by atoms with Crippen LogP contribution in [0.25, 0.3) is 11.3 Å². The predicted molar refractivity (Wildman–Crippen MR) is 76.0 cm³/mol. The molecule has 100 valence electrons. The highest BCUT2D eigenvalue weighted by molar-refractivity contribution is 5.65. The molecule has 0 amide bonds. The molecule has 0 radical (unpaired) electrons. The van der Waals surface area contributed by atoms with Crippen LogP contribution in [0.3, 0.4) is 0 Å². The normalized spacial score (nSPS) is 14.5. The molecule has 1 aromatic carbocycles. The van der Waals surface area contributed by atoms with Crippen LogP contribution in [0.1, 0.15) is 24.6 Å². The third kappa shape index (κ3) is 2.09. The molecule has 2 aromatic rings. The van der Waals surface area contributed by atoms with Crippen molar-refractivity contribution >= 4 is 0 Å². The van der Waals surface area contributed by atoms with Gasteiger partial charge in [0.05, 0.1) is 14.2 Å². The number of nitrogens with zero attached hydrogens (tertiary/aromatic N) is 1. The van der Waals surface area contributed by atoms with Crippen LogP contribution < -0.4 is 9.47 Å². The number of aromatic nitrogens is 1. The number of aryl methyl sites for hydroxylation is 1. The van der Waals surface area contributed by atoms with Gasteiger partial charge in [0, 0.05) is 23.0 Å². The number of hydrogen-bond acceptors (Lipinski definition) is 2. The highest BCUT2D eigenvalue weighted by Crippen LogP contribution is 2.41. The third-order valence-electron chi connectivity index (χ3n) is 3.71. The molecule has 0 bridgehead atoms. The van der Waals surface area contributed by atoms with Gasteiger partial charge in [-0.15, -0.1) is 0 Å². The Morgan fingerprint density at radius 3 is 2.37 bits per heavy atom. The van der Waals surface area contributed by atoms with Gasteiger partial charge in [-0.05, 0) is 50.1 Å². The Kier molecular flexibility index (Phi) is 2.97. The van der Waals surface area contributed by atoms with Crippen molar-refractivity contribution in [3.8, 4) is 22.8 Å². The minimum atomic E-state index is 0.679. The van der Waals surface area contributed by atoms with Crippen molar-refractivity contribution in [1.29, 1.82) is 0 Å². The lowest BCUT2D eigenvalue weighted by Crippen LogP contribution is -1.99. The molecule has 3 nitrogen and oxygen atoms in total. The van der Waals surface area contributed by atoms with Gasteiger partial charge in [0.1, 0.15) is 0 Å². The SMILES string of the molecule is COc1ccc(-c2ccc(C)n2C2CC2)cc1OC. The molecule has 0 aliphatic heterocycles. The number of ether oxygens (including phenoxy) is 2. The van der Waals surface area contributed by atoms with Crippen LogP contribution in [0.15, 0.2) is 30.3 Å². The second-order valence-electron chi connectivity index (χ2n) is 5.03. The molecule has 1 aromatic heterocycles. The van der Waals surface area contributed by atoms with E-state index in [1.54, 1.807) is 14.2 Å². The fraction of sp³-hybridized carbons (Fsp3) is 0.375. The molecule has 1 saturated carbocycles. The van der Waals surface area contributed by atoms with Crippen LogP contribution >= 0.6 is 0 Å². The zero-order valence-electron chi connectivity index (χ0n) is 11.6. The maximum Gasteiger partial charge on any atom is 0.161 e. The van der Waals surface area contributed by atoms with Crippen molar-refractivity contribution in [2.45, 2.75) is 25.8 Å². The van der Waals surface area contributed by atoms with Gasteiger partial charge in [-0.1, -0.05) is 0 Å². The van der Waals surface area contributed by atoms with E-state index in [4.69, 9.17) is 9.47 Å². The molecule has 0 spiro atoms. The molecule has 1 aliphatic rings. The molecule has 3 rings (SSSR count). The summed E-state index contributed by atoms with van der Waals surface area (Å²) in [6.45, 7) is 2.17. The van der Waals surface area contributed by atoms with Crippen molar-refractivity contribution in [2.24, 2.45) is 0 Å². The number of hydrogen-bond donors (Lipinski definition) is 0. The zero-order valence-corrected chi connectivity index (χ0v) is 11.6. The second kappa shape index (κ2) is 4.65. The molecule has 19 heavy (non-hydrogen) atoms. The van der Waals surface area contributed by atoms with Crippen molar-refractivity contribution in [2.75, 3.05) is 14.2 Å². The molecule has 0 atom stereocenters. The quantitative estimate of drug-likeness (QED) is 0.831. The maximum atomic E-state index is 5.39. The van der Waals surface area contributed by atoms with Gasteiger partial charge in [0.15, 0.2) is 11.5 Å². The topological polar surface area (TPSA) is 23.4 Å². The van der Waals surface area contributed by atoms with Gasteiger partial charge in [0.2, 0.25) is 0 Å². The first kappa shape index (κ1) is 12.2. The van der Waals surface area contributed by atoms with E-state index in [-0.39, 0.29) is 0 Å². The Bertz CT molecular complexity index is 597. The van der Waals surface area contributed by atoms with E-state index in [0.717, 1.165) is 11.5 Å². The van der Waals surface area contributed by atoms with E-state index in [0.29, 0.717) is 6.04 Å². The van der Waals surface area contributed by atoms with Crippen LogP contribution in [0.5, 0.6) is 11.5 Å². The number of methoxy groups -OCH3 is 2. The molecular formula is C16H19NO2. The Balaban J connectivity index is 2.07. The Hall–Kier alpha value is -1.90. The summed E-state index contributed by atoms with van der Waals surface area (Å²) in [5.74, 6) is 1.55. The summed E-state index contributed by atoms with van der Waals surface area (Å²) in [4.78, 5) is 0. The molecule has 1 aliphatic carbocycles.